The van der Waals surface area contributed by atoms with Crippen molar-refractivity contribution in [2.75, 3.05) is 17.4 Å². The Balaban J connectivity index is 1.65. The number of nitrogens with one attached hydrogen (secondary N) is 2. The van der Waals surface area contributed by atoms with Gasteiger partial charge >= 0.3 is 0 Å². The molecule has 120 valence electrons. The van der Waals surface area contributed by atoms with E-state index in [-0.39, 0.29) is 6.79 Å². The highest BCUT2D eigenvalue weighted by Crippen LogP contribution is 2.34. The predicted molar refractivity (Wildman–Crippen MR) is 97.5 cm³/mol. The molecule has 0 aliphatic carbocycles. The molecule has 0 aromatic heterocycles. The van der Waals surface area contributed by atoms with Gasteiger partial charge < -0.3 is 20.1 Å². The van der Waals surface area contributed by atoms with Crippen molar-refractivity contribution >= 4 is 28.7 Å². The number of thiocarbonyl (C=S) groups is 1. The summed E-state index contributed by atoms with van der Waals surface area (Å²) in [4.78, 5) is 0. The summed E-state index contributed by atoms with van der Waals surface area (Å²) in [6.07, 6.45) is 3.39. The van der Waals surface area contributed by atoms with E-state index in [0.717, 1.165) is 29.3 Å². The van der Waals surface area contributed by atoms with Gasteiger partial charge in [0.25, 0.3) is 0 Å². The Hall–Kier alpha value is -2.27. The summed E-state index contributed by atoms with van der Waals surface area (Å²) in [6, 6.07) is 14.0. The standard InChI is InChI=1S/C18H20N2O2S/c1-2-3-6-13-7-4-5-8-15(13)20-18(23)19-14-9-10-16-17(11-14)22-12-21-16/h4-5,7-11H,2-3,6,12H2,1H3,(H2,19,20,23). The van der Waals surface area contributed by atoms with Gasteiger partial charge in [-0.1, -0.05) is 31.5 Å². The maximum atomic E-state index is 5.42. The number of ether oxygens (including phenoxy) is 2. The van der Waals surface area contributed by atoms with E-state index in [2.05, 4.69) is 35.8 Å². The van der Waals surface area contributed by atoms with Crippen molar-refractivity contribution in [3.05, 3.63) is 48.0 Å². The number of rotatable bonds is 5. The highest BCUT2D eigenvalue weighted by atomic mass is 32.1. The first-order chi connectivity index (χ1) is 11.3. The van der Waals surface area contributed by atoms with Crippen LogP contribution in [0.5, 0.6) is 11.5 Å². The van der Waals surface area contributed by atoms with E-state index in [1.54, 1.807) is 0 Å². The van der Waals surface area contributed by atoms with Crippen molar-refractivity contribution in [3.8, 4) is 11.5 Å². The summed E-state index contributed by atoms with van der Waals surface area (Å²) in [6.45, 7) is 2.47. The summed E-state index contributed by atoms with van der Waals surface area (Å²) in [7, 11) is 0. The van der Waals surface area contributed by atoms with Crippen LogP contribution in [0.2, 0.25) is 0 Å². The van der Waals surface area contributed by atoms with Gasteiger partial charge in [0.05, 0.1) is 0 Å². The van der Waals surface area contributed by atoms with Crippen LogP contribution < -0.4 is 20.1 Å². The minimum atomic E-state index is 0.270. The number of unbranched alkanes of at least 4 members (excludes halogenated alkanes) is 1. The Kier molecular flexibility index (Phi) is 4.98. The van der Waals surface area contributed by atoms with Crippen molar-refractivity contribution in [1.82, 2.24) is 0 Å². The molecule has 3 rings (SSSR count). The van der Waals surface area contributed by atoms with Gasteiger partial charge in [-0.2, -0.15) is 0 Å². The first-order valence-corrected chi connectivity index (χ1v) is 8.22. The molecule has 0 radical (unpaired) electrons. The lowest BCUT2D eigenvalue weighted by Gasteiger charge is -2.14. The van der Waals surface area contributed by atoms with Gasteiger partial charge in [0, 0.05) is 17.4 Å². The van der Waals surface area contributed by atoms with Gasteiger partial charge in [0.1, 0.15) is 0 Å². The predicted octanol–water partition coefficient (Wildman–Crippen LogP) is 4.57. The van der Waals surface area contributed by atoms with Crippen LogP contribution in [-0.2, 0) is 6.42 Å². The molecular weight excluding hydrogens is 308 g/mol. The Morgan fingerprint density at radius 3 is 2.78 bits per heavy atom. The minimum Gasteiger partial charge on any atom is -0.454 e. The fourth-order valence-electron chi connectivity index (χ4n) is 2.49. The number of hydrogen-bond donors (Lipinski definition) is 2. The van der Waals surface area contributed by atoms with E-state index in [9.17, 15) is 0 Å². The van der Waals surface area contributed by atoms with Crippen LogP contribution in [0.4, 0.5) is 11.4 Å². The van der Waals surface area contributed by atoms with Crippen molar-refractivity contribution in [2.45, 2.75) is 26.2 Å². The first-order valence-electron chi connectivity index (χ1n) is 7.82. The molecule has 2 aromatic carbocycles. The zero-order chi connectivity index (χ0) is 16.1. The molecule has 0 bridgehead atoms. The largest absolute Gasteiger partial charge is 0.454 e. The topological polar surface area (TPSA) is 42.5 Å². The van der Waals surface area contributed by atoms with E-state index in [1.165, 1.54) is 18.4 Å². The van der Waals surface area contributed by atoms with Gasteiger partial charge in [-0.15, -0.1) is 0 Å². The fraction of sp³-hybridized carbons (Fsp3) is 0.278. The summed E-state index contributed by atoms with van der Waals surface area (Å²) >= 11 is 5.42. The molecule has 1 aliphatic heterocycles. The highest BCUT2D eigenvalue weighted by molar-refractivity contribution is 7.80. The quantitative estimate of drug-likeness (QED) is 0.787. The van der Waals surface area contributed by atoms with E-state index >= 15 is 0 Å². The van der Waals surface area contributed by atoms with Gasteiger partial charge in [0.15, 0.2) is 16.6 Å². The molecule has 2 aromatic rings. The molecule has 1 heterocycles. The van der Waals surface area contributed by atoms with E-state index in [0.29, 0.717) is 5.11 Å². The average molecular weight is 328 g/mol. The first kappa shape index (κ1) is 15.6. The lowest BCUT2D eigenvalue weighted by atomic mass is 10.1. The number of benzene rings is 2. The van der Waals surface area contributed by atoms with Crippen LogP contribution in [0.25, 0.3) is 0 Å². The molecule has 0 unspecified atom stereocenters. The summed E-state index contributed by atoms with van der Waals surface area (Å²) in [5.41, 5.74) is 3.21. The van der Waals surface area contributed by atoms with Gasteiger partial charge in [-0.25, -0.2) is 0 Å². The molecule has 0 saturated carbocycles. The number of para-hydroxylation sites is 1. The Morgan fingerprint density at radius 1 is 1.09 bits per heavy atom. The summed E-state index contributed by atoms with van der Waals surface area (Å²) in [5, 5.41) is 7.03. The maximum absolute atomic E-state index is 5.42. The van der Waals surface area contributed by atoms with Crippen LogP contribution in [0, 0.1) is 0 Å². The van der Waals surface area contributed by atoms with Crippen LogP contribution in [-0.4, -0.2) is 11.9 Å². The summed E-state index contributed by atoms with van der Waals surface area (Å²) in [5.74, 6) is 1.50. The zero-order valence-electron chi connectivity index (χ0n) is 13.1. The average Bonchev–Trinajstić information content (AvgIpc) is 3.01. The molecule has 0 amide bonds. The molecule has 0 saturated heterocycles. The number of fused-ring (bicyclic) bond motifs is 1. The number of anilines is 2. The Morgan fingerprint density at radius 2 is 1.91 bits per heavy atom. The van der Waals surface area contributed by atoms with E-state index in [1.807, 2.05) is 24.3 Å². The van der Waals surface area contributed by atoms with Crippen molar-refractivity contribution in [3.63, 3.8) is 0 Å². The minimum absolute atomic E-state index is 0.270. The third-order valence-corrected chi connectivity index (χ3v) is 3.90. The fourth-order valence-corrected chi connectivity index (χ4v) is 2.71. The van der Waals surface area contributed by atoms with E-state index < -0.39 is 0 Å². The maximum Gasteiger partial charge on any atom is 0.231 e. The van der Waals surface area contributed by atoms with Crippen molar-refractivity contribution in [1.29, 1.82) is 0 Å². The van der Waals surface area contributed by atoms with Gasteiger partial charge in [-0.05, 0) is 48.8 Å². The molecule has 0 atom stereocenters. The zero-order valence-corrected chi connectivity index (χ0v) is 13.9. The third kappa shape index (κ3) is 3.93. The smallest absolute Gasteiger partial charge is 0.231 e. The highest BCUT2D eigenvalue weighted by Gasteiger charge is 2.13. The molecule has 5 heteroatoms. The van der Waals surface area contributed by atoms with Crippen LogP contribution in [0.1, 0.15) is 25.3 Å². The Bertz CT molecular complexity index is 703. The second-order valence-corrected chi connectivity index (χ2v) is 5.82. The Labute approximate surface area is 141 Å². The number of aryl methyl sites for hydroxylation is 1. The molecule has 23 heavy (non-hydrogen) atoms. The van der Waals surface area contributed by atoms with Crippen LogP contribution in [0.3, 0.4) is 0 Å². The summed E-state index contributed by atoms with van der Waals surface area (Å²) < 4.78 is 10.7. The normalized spacial score (nSPS) is 12.0. The molecule has 0 spiro atoms. The second-order valence-electron chi connectivity index (χ2n) is 5.41. The second kappa shape index (κ2) is 7.33. The number of hydrogen-bond acceptors (Lipinski definition) is 3. The molecule has 2 N–H and O–H groups in total. The monoisotopic (exact) mass is 328 g/mol. The van der Waals surface area contributed by atoms with Crippen LogP contribution >= 0.6 is 12.2 Å². The molecule has 4 nitrogen and oxygen atoms in total. The molecular formula is C18H20N2O2S. The van der Waals surface area contributed by atoms with E-state index in [4.69, 9.17) is 21.7 Å². The lowest BCUT2D eigenvalue weighted by molar-refractivity contribution is 0.174. The molecule has 0 fully saturated rings. The lowest BCUT2D eigenvalue weighted by Crippen LogP contribution is -2.19. The van der Waals surface area contributed by atoms with Crippen molar-refractivity contribution in [2.24, 2.45) is 0 Å². The molecule has 1 aliphatic rings. The van der Waals surface area contributed by atoms with Crippen LogP contribution in [0.15, 0.2) is 42.5 Å². The third-order valence-electron chi connectivity index (χ3n) is 3.70. The SMILES string of the molecule is CCCCc1ccccc1NC(=S)Nc1ccc2c(c1)OCO2. The van der Waals surface area contributed by atoms with Crippen molar-refractivity contribution < 1.29 is 9.47 Å². The van der Waals surface area contributed by atoms with Gasteiger partial charge in [-0.3, -0.25) is 0 Å². The van der Waals surface area contributed by atoms with Gasteiger partial charge in [0.2, 0.25) is 6.79 Å².